The molecule has 1 rings (SSSR count). The lowest BCUT2D eigenvalue weighted by molar-refractivity contribution is -0.143. The van der Waals surface area contributed by atoms with Crippen molar-refractivity contribution in [3.63, 3.8) is 0 Å². The SMILES string of the molecule is N#CCC(=O)OCc1ccc(Cl)c(Cl)c1. The molecule has 0 aliphatic rings. The minimum absolute atomic E-state index is 0.0946. The number of hydrogen-bond donors (Lipinski definition) is 0. The summed E-state index contributed by atoms with van der Waals surface area (Å²) < 4.78 is 4.80. The van der Waals surface area contributed by atoms with Gasteiger partial charge in [0.05, 0.1) is 16.1 Å². The van der Waals surface area contributed by atoms with Crippen molar-refractivity contribution in [1.82, 2.24) is 0 Å². The van der Waals surface area contributed by atoms with Crippen LogP contribution >= 0.6 is 23.2 Å². The number of rotatable bonds is 3. The van der Waals surface area contributed by atoms with E-state index >= 15 is 0 Å². The third-order valence-corrected chi connectivity index (χ3v) is 2.35. The zero-order valence-corrected chi connectivity index (χ0v) is 9.18. The van der Waals surface area contributed by atoms with Gasteiger partial charge in [0.15, 0.2) is 0 Å². The Morgan fingerprint density at radius 3 is 2.73 bits per heavy atom. The van der Waals surface area contributed by atoms with Crippen LogP contribution in [0.3, 0.4) is 0 Å². The summed E-state index contributed by atoms with van der Waals surface area (Å²) in [6.07, 6.45) is -0.249. The molecule has 0 heterocycles. The molecular formula is C10H7Cl2NO2. The smallest absolute Gasteiger partial charge is 0.320 e. The highest BCUT2D eigenvalue weighted by molar-refractivity contribution is 6.42. The number of esters is 1. The molecule has 0 amide bonds. The van der Waals surface area contributed by atoms with Crippen LogP contribution in [0.25, 0.3) is 0 Å². The molecule has 1 aromatic carbocycles. The molecule has 0 aromatic heterocycles. The molecule has 78 valence electrons. The van der Waals surface area contributed by atoms with Crippen LogP contribution in [0.1, 0.15) is 12.0 Å². The highest BCUT2D eigenvalue weighted by atomic mass is 35.5. The first kappa shape index (κ1) is 11.8. The monoisotopic (exact) mass is 243 g/mol. The average Bonchev–Trinajstić information content (AvgIpc) is 2.20. The van der Waals surface area contributed by atoms with Gasteiger partial charge < -0.3 is 4.74 Å². The molecule has 15 heavy (non-hydrogen) atoms. The zero-order valence-electron chi connectivity index (χ0n) is 7.67. The maximum absolute atomic E-state index is 10.9. The van der Waals surface area contributed by atoms with Crippen LogP contribution in [0, 0.1) is 11.3 Å². The van der Waals surface area contributed by atoms with Crippen LogP contribution in [0.2, 0.25) is 10.0 Å². The van der Waals surface area contributed by atoms with Crippen molar-refractivity contribution in [2.75, 3.05) is 0 Å². The molecule has 0 saturated heterocycles. The molecule has 0 unspecified atom stereocenters. The van der Waals surface area contributed by atoms with Crippen LogP contribution in [0.15, 0.2) is 18.2 Å². The zero-order chi connectivity index (χ0) is 11.3. The molecule has 1 aromatic rings. The van der Waals surface area contributed by atoms with Gasteiger partial charge in [0.1, 0.15) is 13.0 Å². The number of ether oxygens (including phenoxy) is 1. The standard InChI is InChI=1S/C10H7Cl2NO2/c11-8-2-1-7(5-9(8)12)6-15-10(14)3-4-13/h1-2,5H,3,6H2. The quantitative estimate of drug-likeness (QED) is 0.768. The van der Waals surface area contributed by atoms with Crippen molar-refractivity contribution in [2.24, 2.45) is 0 Å². The summed E-state index contributed by atoms with van der Waals surface area (Å²) in [7, 11) is 0. The van der Waals surface area contributed by atoms with Gasteiger partial charge in [0.2, 0.25) is 0 Å². The lowest BCUT2D eigenvalue weighted by Gasteiger charge is -2.03. The van der Waals surface area contributed by atoms with E-state index in [0.717, 1.165) is 5.56 Å². The molecule has 0 aliphatic carbocycles. The number of benzene rings is 1. The summed E-state index contributed by atoms with van der Waals surface area (Å²) in [5.74, 6) is -0.552. The number of carbonyl (C=O) groups is 1. The fourth-order valence-electron chi connectivity index (χ4n) is 0.909. The minimum Gasteiger partial charge on any atom is -0.460 e. The number of nitriles is 1. The van der Waals surface area contributed by atoms with E-state index in [1.54, 1.807) is 24.3 Å². The van der Waals surface area contributed by atoms with Crippen LogP contribution in [0.5, 0.6) is 0 Å². The summed E-state index contributed by atoms with van der Waals surface area (Å²) in [6, 6.07) is 6.64. The van der Waals surface area contributed by atoms with Gasteiger partial charge in [-0.25, -0.2) is 0 Å². The minimum atomic E-state index is -0.552. The Morgan fingerprint density at radius 2 is 2.13 bits per heavy atom. The van der Waals surface area contributed by atoms with Crippen LogP contribution in [-0.2, 0) is 16.1 Å². The molecular weight excluding hydrogens is 237 g/mol. The Morgan fingerprint density at radius 1 is 1.40 bits per heavy atom. The van der Waals surface area contributed by atoms with Crippen molar-refractivity contribution >= 4 is 29.2 Å². The van der Waals surface area contributed by atoms with E-state index in [1.165, 1.54) is 0 Å². The summed E-state index contributed by atoms with van der Waals surface area (Å²) in [4.78, 5) is 10.9. The third kappa shape index (κ3) is 3.78. The maximum Gasteiger partial charge on any atom is 0.320 e. The average molecular weight is 244 g/mol. The molecule has 0 saturated carbocycles. The molecule has 0 N–H and O–H groups in total. The van der Waals surface area contributed by atoms with Crippen molar-refractivity contribution < 1.29 is 9.53 Å². The number of hydrogen-bond acceptors (Lipinski definition) is 3. The van der Waals surface area contributed by atoms with Gasteiger partial charge >= 0.3 is 5.97 Å². The van der Waals surface area contributed by atoms with Gasteiger partial charge in [-0.15, -0.1) is 0 Å². The topological polar surface area (TPSA) is 50.1 Å². The van der Waals surface area contributed by atoms with Crippen LogP contribution < -0.4 is 0 Å². The Labute approximate surface area is 97.2 Å². The normalized spacial score (nSPS) is 9.40. The number of halogens is 2. The van der Waals surface area contributed by atoms with E-state index in [0.29, 0.717) is 10.0 Å². The number of carbonyl (C=O) groups excluding carboxylic acids is 1. The molecule has 0 fully saturated rings. The molecule has 0 spiro atoms. The summed E-state index contributed by atoms with van der Waals surface area (Å²) >= 11 is 11.5. The molecule has 0 radical (unpaired) electrons. The highest BCUT2D eigenvalue weighted by Crippen LogP contribution is 2.22. The second-order valence-electron chi connectivity index (χ2n) is 2.74. The third-order valence-electron chi connectivity index (χ3n) is 1.61. The van der Waals surface area contributed by atoms with Crippen molar-refractivity contribution in [1.29, 1.82) is 5.26 Å². The predicted molar refractivity (Wildman–Crippen MR) is 56.5 cm³/mol. The fraction of sp³-hybridized carbons (Fsp3) is 0.200. The first-order chi connectivity index (χ1) is 7.13. The lowest BCUT2D eigenvalue weighted by atomic mass is 10.2. The second kappa shape index (κ2) is 5.59. The molecule has 0 atom stereocenters. The molecule has 0 aliphatic heterocycles. The molecule has 3 nitrogen and oxygen atoms in total. The van der Waals surface area contributed by atoms with E-state index in [9.17, 15) is 4.79 Å². The van der Waals surface area contributed by atoms with Gasteiger partial charge in [-0.05, 0) is 17.7 Å². The predicted octanol–water partition coefficient (Wildman–Crippen LogP) is 2.95. The van der Waals surface area contributed by atoms with E-state index in [4.69, 9.17) is 33.2 Å². The maximum atomic E-state index is 10.9. The first-order valence-electron chi connectivity index (χ1n) is 4.10. The summed E-state index contributed by atoms with van der Waals surface area (Å²) in [5, 5.41) is 9.08. The van der Waals surface area contributed by atoms with Crippen LogP contribution in [0.4, 0.5) is 0 Å². The molecule has 0 bridgehead atoms. The van der Waals surface area contributed by atoms with E-state index in [2.05, 4.69) is 0 Å². The second-order valence-corrected chi connectivity index (χ2v) is 3.56. The van der Waals surface area contributed by atoms with Crippen molar-refractivity contribution in [2.45, 2.75) is 13.0 Å². The highest BCUT2D eigenvalue weighted by Gasteiger charge is 2.03. The van der Waals surface area contributed by atoms with Crippen LogP contribution in [-0.4, -0.2) is 5.97 Å². The van der Waals surface area contributed by atoms with Crippen molar-refractivity contribution in [3.8, 4) is 6.07 Å². The van der Waals surface area contributed by atoms with Crippen molar-refractivity contribution in [3.05, 3.63) is 33.8 Å². The summed E-state index contributed by atoms with van der Waals surface area (Å²) in [5.41, 5.74) is 0.732. The van der Waals surface area contributed by atoms with E-state index in [1.807, 2.05) is 0 Å². The van der Waals surface area contributed by atoms with Gasteiger partial charge in [0.25, 0.3) is 0 Å². The fourth-order valence-corrected chi connectivity index (χ4v) is 1.23. The number of nitrogens with zero attached hydrogens (tertiary/aromatic N) is 1. The Kier molecular flexibility index (Phi) is 4.41. The lowest BCUT2D eigenvalue weighted by Crippen LogP contribution is -2.02. The van der Waals surface area contributed by atoms with Gasteiger partial charge in [0, 0.05) is 0 Å². The first-order valence-corrected chi connectivity index (χ1v) is 4.85. The van der Waals surface area contributed by atoms with E-state index < -0.39 is 5.97 Å². The Bertz CT molecular complexity index is 412. The van der Waals surface area contributed by atoms with Gasteiger partial charge in [-0.2, -0.15) is 5.26 Å². The summed E-state index contributed by atoms with van der Waals surface area (Å²) in [6.45, 7) is 0.0946. The molecule has 5 heteroatoms. The Hall–Kier alpha value is -1.24. The largest absolute Gasteiger partial charge is 0.460 e. The van der Waals surface area contributed by atoms with Gasteiger partial charge in [-0.1, -0.05) is 29.3 Å². The van der Waals surface area contributed by atoms with E-state index in [-0.39, 0.29) is 13.0 Å². The Balaban J connectivity index is 2.55. The van der Waals surface area contributed by atoms with Gasteiger partial charge in [-0.3, -0.25) is 4.79 Å².